The third-order valence-corrected chi connectivity index (χ3v) is 6.91. The molecule has 2 aliphatic carbocycles. The lowest BCUT2D eigenvalue weighted by molar-refractivity contribution is 0.0856. The summed E-state index contributed by atoms with van der Waals surface area (Å²) in [6.45, 7) is 7.11. The van der Waals surface area contributed by atoms with Crippen molar-refractivity contribution in [2.24, 2.45) is 17.3 Å². The molecule has 3 atom stereocenters. The highest BCUT2D eigenvalue weighted by Gasteiger charge is 2.47. The van der Waals surface area contributed by atoms with Crippen molar-refractivity contribution in [2.45, 2.75) is 63.9 Å². The molecule has 0 aromatic heterocycles. The minimum absolute atomic E-state index is 0.145. The average molecular weight is 317 g/mol. The van der Waals surface area contributed by atoms with Gasteiger partial charge in [0.1, 0.15) is 0 Å². The second-order valence-electron chi connectivity index (χ2n) is 7.52. The molecule has 0 bridgehead atoms. The minimum atomic E-state index is -0.145. The molecule has 2 aliphatic rings. The monoisotopic (exact) mass is 316 g/mol. The molecule has 0 heterocycles. The Morgan fingerprint density at radius 3 is 2.55 bits per heavy atom. The lowest BCUT2D eigenvalue weighted by Gasteiger charge is -2.36. The van der Waals surface area contributed by atoms with E-state index in [2.05, 4.69) is 51.1 Å². The Labute approximate surface area is 139 Å². The van der Waals surface area contributed by atoms with Crippen LogP contribution in [0.25, 0.3) is 0 Å². The van der Waals surface area contributed by atoms with Crippen molar-refractivity contribution in [3.8, 4) is 0 Å². The van der Waals surface area contributed by atoms with E-state index >= 15 is 0 Å². The zero-order valence-electron chi connectivity index (χ0n) is 14.0. The molecule has 1 nitrogen and oxygen atoms in total. The van der Waals surface area contributed by atoms with E-state index in [1.807, 2.05) is 11.8 Å². The van der Waals surface area contributed by atoms with Gasteiger partial charge in [0.15, 0.2) is 0 Å². The number of rotatable bonds is 3. The molecule has 2 heteroatoms. The maximum Gasteiger partial charge on any atom is 0.0552 e. The van der Waals surface area contributed by atoms with E-state index in [1.165, 1.54) is 22.6 Å². The van der Waals surface area contributed by atoms with E-state index in [4.69, 9.17) is 0 Å². The quantitative estimate of drug-likeness (QED) is 0.777. The Hall–Kier alpha value is -0.730. The lowest BCUT2D eigenvalue weighted by Crippen LogP contribution is -2.30. The fraction of sp³-hybridized carbons (Fsp3) is 0.600. The van der Waals surface area contributed by atoms with Crippen LogP contribution in [0.4, 0.5) is 0 Å². The van der Waals surface area contributed by atoms with Crippen LogP contribution in [-0.4, -0.2) is 11.2 Å². The second kappa shape index (κ2) is 6.41. The standard InChI is InChI=1S/C20H28OS/c1-14(2)17-10-11-18-19(22-16-7-5-4-6-8-16)12-9-15(21)13-20(17,18)3/h4-8,14-15,17,21H,9-13H2,1-3H3/t15-,17+,20+/m0/s1. The van der Waals surface area contributed by atoms with Crippen LogP contribution in [0.15, 0.2) is 45.7 Å². The van der Waals surface area contributed by atoms with Crippen LogP contribution in [-0.2, 0) is 0 Å². The van der Waals surface area contributed by atoms with Gasteiger partial charge >= 0.3 is 0 Å². The summed E-state index contributed by atoms with van der Waals surface area (Å²) in [7, 11) is 0. The van der Waals surface area contributed by atoms with Gasteiger partial charge in [-0.1, -0.05) is 56.3 Å². The highest BCUT2D eigenvalue weighted by atomic mass is 32.2. The van der Waals surface area contributed by atoms with Gasteiger partial charge in [-0.15, -0.1) is 0 Å². The number of hydrogen-bond acceptors (Lipinski definition) is 2. The summed E-state index contributed by atoms with van der Waals surface area (Å²) in [4.78, 5) is 2.87. The third-order valence-electron chi connectivity index (χ3n) is 5.70. The Balaban J connectivity index is 1.96. The topological polar surface area (TPSA) is 20.2 Å². The first-order chi connectivity index (χ1) is 10.5. The molecule has 1 aromatic rings. The van der Waals surface area contributed by atoms with Crippen molar-refractivity contribution >= 4 is 11.8 Å². The molecule has 3 rings (SSSR count). The van der Waals surface area contributed by atoms with Gasteiger partial charge in [0, 0.05) is 4.90 Å². The first-order valence-electron chi connectivity index (χ1n) is 8.64. The van der Waals surface area contributed by atoms with Crippen molar-refractivity contribution in [3.63, 3.8) is 0 Å². The predicted molar refractivity (Wildman–Crippen MR) is 94.9 cm³/mol. The fourth-order valence-electron chi connectivity index (χ4n) is 4.71. The molecular formula is C20H28OS. The van der Waals surface area contributed by atoms with Gasteiger partial charge in [0.05, 0.1) is 6.10 Å². The predicted octanol–water partition coefficient (Wildman–Crippen LogP) is 5.65. The molecule has 0 aliphatic heterocycles. The number of aliphatic hydroxyl groups excluding tert-OH is 1. The number of benzene rings is 1. The fourth-order valence-corrected chi connectivity index (χ4v) is 5.97. The van der Waals surface area contributed by atoms with Crippen LogP contribution in [0.5, 0.6) is 0 Å². The average Bonchev–Trinajstić information content (AvgIpc) is 2.76. The van der Waals surface area contributed by atoms with E-state index in [9.17, 15) is 5.11 Å². The van der Waals surface area contributed by atoms with Gasteiger partial charge in [-0.25, -0.2) is 0 Å². The first-order valence-corrected chi connectivity index (χ1v) is 9.46. The van der Waals surface area contributed by atoms with Crippen molar-refractivity contribution in [2.75, 3.05) is 0 Å². The van der Waals surface area contributed by atoms with E-state index in [1.54, 1.807) is 5.57 Å². The van der Waals surface area contributed by atoms with E-state index in [0.29, 0.717) is 11.8 Å². The molecule has 1 aromatic carbocycles. The number of aliphatic hydroxyl groups is 1. The van der Waals surface area contributed by atoms with Crippen molar-refractivity contribution < 1.29 is 5.11 Å². The summed E-state index contributed by atoms with van der Waals surface area (Å²) in [6, 6.07) is 10.7. The summed E-state index contributed by atoms with van der Waals surface area (Å²) in [6.07, 6.45) is 5.27. The highest BCUT2D eigenvalue weighted by molar-refractivity contribution is 8.03. The van der Waals surface area contributed by atoms with Gasteiger partial charge in [0.2, 0.25) is 0 Å². The van der Waals surface area contributed by atoms with Gasteiger partial charge in [-0.2, -0.15) is 0 Å². The zero-order chi connectivity index (χ0) is 15.7. The molecule has 22 heavy (non-hydrogen) atoms. The third kappa shape index (κ3) is 3.00. The van der Waals surface area contributed by atoms with Crippen LogP contribution < -0.4 is 0 Å². The maximum absolute atomic E-state index is 10.4. The largest absolute Gasteiger partial charge is 0.393 e. The maximum atomic E-state index is 10.4. The van der Waals surface area contributed by atoms with Gasteiger partial charge < -0.3 is 5.11 Å². The molecule has 1 N–H and O–H groups in total. The Bertz CT molecular complexity index is 548. The summed E-state index contributed by atoms with van der Waals surface area (Å²) < 4.78 is 0. The molecule has 120 valence electrons. The van der Waals surface area contributed by atoms with E-state index < -0.39 is 0 Å². The minimum Gasteiger partial charge on any atom is -0.393 e. The molecule has 1 fully saturated rings. The summed E-state index contributed by atoms with van der Waals surface area (Å²) in [5.41, 5.74) is 1.85. The van der Waals surface area contributed by atoms with Crippen molar-refractivity contribution in [1.82, 2.24) is 0 Å². The van der Waals surface area contributed by atoms with Crippen LogP contribution >= 0.6 is 11.8 Å². The Kier molecular flexibility index (Phi) is 4.70. The van der Waals surface area contributed by atoms with Gasteiger partial charge in [0.25, 0.3) is 0 Å². The van der Waals surface area contributed by atoms with Crippen LogP contribution in [0.3, 0.4) is 0 Å². The smallest absolute Gasteiger partial charge is 0.0552 e. The summed E-state index contributed by atoms with van der Waals surface area (Å²) in [5.74, 6) is 1.40. The number of fused-ring (bicyclic) bond motifs is 1. The highest BCUT2D eigenvalue weighted by Crippen LogP contribution is 2.58. The number of allylic oxidation sites excluding steroid dienone is 2. The van der Waals surface area contributed by atoms with E-state index in [0.717, 1.165) is 19.3 Å². The van der Waals surface area contributed by atoms with Crippen LogP contribution in [0, 0.1) is 17.3 Å². The SMILES string of the molecule is CC(C)[C@H]1CCC2=C(Sc3ccccc3)CC[C@H](O)C[C@@]21C. The van der Waals surface area contributed by atoms with E-state index in [-0.39, 0.29) is 11.5 Å². The molecule has 0 saturated heterocycles. The van der Waals surface area contributed by atoms with Crippen molar-refractivity contribution in [1.29, 1.82) is 0 Å². The van der Waals surface area contributed by atoms with Gasteiger partial charge in [-0.05, 0) is 66.4 Å². The molecular weight excluding hydrogens is 288 g/mol. The normalized spacial score (nSPS) is 32.2. The number of thioether (sulfide) groups is 1. The summed E-state index contributed by atoms with van der Waals surface area (Å²) in [5, 5.41) is 10.4. The first kappa shape index (κ1) is 16.1. The molecule has 0 unspecified atom stereocenters. The van der Waals surface area contributed by atoms with Crippen LogP contribution in [0.2, 0.25) is 0 Å². The second-order valence-corrected chi connectivity index (χ2v) is 8.69. The zero-order valence-corrected chi connectivity index (χ0v) is 14.8. The number of hydrogen-bond donors (Lipinski definition) is 1. The Morgan fingerprint density at radius 2 is 1.86 bits per heavy atom. The molecule has 0 radical (unpaired) electrons. The van der Waals surface area contributed by atoms with Crippen molar-refractivity contribution in [3.05, 3.63) is 40.8 Å². The Morgan fingerprint density at radius 1 is 1.14 bits per heavy atom. The molecule has 0 amide bonds. The molecule has 0 spiro atoms. The van der Waals surface area contributed by atoms with Crippen LogP contribution in [0.1, 0.15) is 52.9 Å². The molecule has 1 saturated carbocycles. The van der Waals surface area contributed by atoms with Gasteiger partial charge in [-0.3, -0.25) is 0 Å². The lowest BCUT2D eigenvalue weighted by atomic mass is 9.69. The summed E-state index contributed by atoms with van der Waals surface area (Å²) >= 11 is 1.94.